The molecule has 96 valence electrons. The van der Waals surface area contributed by atoms with Crippen LogP contribution in [0.5, 0.6) is 11.5 Å². The van der Waals surface area contributed by atoms with Gasteiger partial charge < -0.3 is 14.7 Å². The third kappa shape index (κ3) is 4.21. The van der Waals surface area contributed by atoms with Gasteiger partial charge in [0.25, 0.3) is 0 Å². The van der Waals surface area contributed by atoms with E-state index in [2.05, 4.69) is 34.8 Å². The van der Waals surface area contributed by atoms with Gasteiger partial charge in [0.1, 0.15) is 0 Å². The smallest absolute Gasteiger partial charge is 0.172 e. The summed E-state index contributed by atoms with van der Waals surface area (Å²) in [6.45, 7) is 6.53. The quantitative estimate of drug-likeness (QED) is 0.874. The van der Waals surface area contributed by atoms with Crippen molar-refractivity contribution in [3.63, 3.8) is 0 Å². The van der Waals surface area contributed by atoms with E-state index in [9.17, 15) is 5.11 Å². The molecule has 1 aromatic carbocycles. The molecule has 1 N–H and O–H groups in total. The molecule has 0 fully saturated rings. The van der Waals surface area contributed by atoms with Gasteiger partial charge in [-0.15, -0.1) is 0 Å². The van der Waals surface area contributed by atoms with E-state index < -0.39 is 0 Å². The molecule has 4 heteroatoms. The first-order valence-electron chi connectivity index (χ1n) is 5.91. The zero-order valence-electron chi connectivity index (χ0n) is 10.7. The summed E-state index contributed by atoms with van der Waals surface area (Å²) >= 11 is 3.35. The highest BCUT2D eigenvalue weighted by atomic mass is 79.9. The van der Waals surface area contributed by atoms with E-state index in [4.69, 9.17) is 4.74 Å². The maximum atomic E-state index is 9.81. The Morgan fingerprint density at radius 2 is 2.06 bits per heavy atom. The molecule has 0 atom stereocenters. The van der Waals surface area contributed by atoms with Crippen molar-refractivity contribution < 1.29 is 9.84 Å². The van der Waals surface area contributed by atoms with Gasteiger partial charge in [-0.2, -0.15) is 0 Å². The minimum Gasteiger partial charge on any atom is -0.503 e. The highest BCUT2D eigenvalue weighted by molar-refractivity contribution is 9.10. The van der Waals surface area contributed by atoms with Crippen molar-refractivity contribution in [1.29, 1.82) is 0 Å². The van der Waals surface area contributed by atoms with E-state index in [1.807, 2.05) is 19.1 Å². The predicted molar refractivity (Wildman–Crippen MR) is 73.6 cm³/mol. The van der Waals surface area contributed by atoms with Crippen LogP contribution in [-0.4, -0.2) is 30.2 Å². The Kier molecular flexibility index (Phi) is 5.78. The van der Waals surface area contributed by atoms with Gasteiger partial charge >= 0.3 is 0 Å². The summed E-state index contributed by atoms with van der Waals surface area (Å²) in [7, 11) is 2.09. The van der Waals surface area contributed by atoms with Crippen molar-refractivity contribution in [3.05, 3.63) is 22.2 Å². The van der Waals surface area contributed by atoms with Crippen LogP contribution in [0.1, 0.15) is 25.8 Å². The molecule has 0 radical (unpaired) electrons. The molecule has 0 amide bonds. The predicted octanol–water partition coefficient (Wildman–Crippen LogP) is 3.40. The van der Waals surface area contributed by atoms with Crippen molar-refractivity contribution >= 4 is 15.9 Å². The summed E-state index contributed by atoms with van der Waals surface area (Å²) in [5, 5.41) is 9.81. The lowest BCUT2D eigenvalue weighted by molar-refractivity contribution is 0.310. The van der Waals surface area contributed by atoms with E-state index in [0.29, 0.717) is 16.8 Å². The first-order valence-corrected chi connectivity index (χ1v) is 6.70. The van der Waals surface area contributed by atoms with Crippen LogP contribution in [0.15, 0.2) is 16.6 Å². The van der Waals surface area contributed by atoms with Crippen molar-refractivity contribution in [2.24, 2.45) is 0 Å². The number of phenols is 1. The van der Waals surface area contributed by atoms with Crippen LogP contribution >= 0.6 is 15.9 Å². The lowest BCUT2D eigenvalue weighted by Gasteiger charge is -2.17. The molecule has 0 spiro atoms. The van der Waals surface area contributed by atoms with E-state index in [-0.39, 0.29) is 5.75 Å². The molecule has 1 aromatic rings. The Hall–Kier alpha value is -0.740. The molecule has 0 aromatic heterocycles. The minimum atomic E-state index is 0.175. The van der Waals surface area contributed by atoms with E-state index >= 15 is 0 Å². The highest BCUT2D eigenvalue weighted by Gasteiger charge is 2.10. The third-order valence-electron chi connectivity index (χ3n) is 2.45. The number of benzene rings is 1. The molecule has 0 aliphatic heterocycles. The third-order valence-corrected chi connectivity index (χ3v) is 3.05. The van der Waals surface area contributed by atoms with Gasteiger partial charge in [-0.25, -0.2) is 0 Å². The minimum absolute atomic E-state index is 0.175. The molecule has 0 unspecified atom stereocenters. The normalized spacial score (nSPS) is 10.9. The van der Waals surface area contributed by atoms with Crippen molar-refractivity contribution in [1.82, 2.24) is 4.90 Å². The molecule has 0 bridgehead atoms. The fourth-order valence-electron chi connectivity index (χ4n) is 1.76. The number of halogens is 1. The summed E-state index contributed by atoms with van der Waals surface area (Å²) < 4.78 is 6.08. The Bertz CT molecular complexity index is 369. The molecule has 0 heterocycles. The Morgan fingerprint density at radius 1 is 1.35 bits per heavy atom. The average Bonchev–Trinajstić information content (AvgIpc) is 2.26. The second-order valence-electron chi connectivity index (χ2n) is 4.10. The van der Waals surface area contributed by atoms with Crippen molar-refractivity contribution in [3.8, 4) is 11.5 Å². The van der Waals surface area contributed by atoms with Crippen molar-refractivity contribution in [2.75, 3.05) is 20.2 Å². The van der Waals surface area contributed by atoms with Gasteiger partial charge in [-0.1, -0.05) is 6.92 Å². The second-order valence-corrected chi connectivity index (χ2v) is 4.95. The van der Waals surface area contributed by atoms with Crippen LogP contribution in [0.4, 0.5) is 0 Å². The Labute approximate surface area is 112 Å². The molecule has 0 saturated heterocycles. The summed E-state index contributed by atoms with van der Waals surface area (Å²) in [6, 6.07) is 3.83. The topological polar surface area (TPSA) is 32.7 Å². The average molecular weight is 302 g/mol. The number of nitrogens with zero attached hydrogens (tertiary/aromatic N) is 1. The molecule has 0 saturated carbocycles. The SMILES string of the molecule is CCCN(C)Cc1cc(Br)c(O)c(OCC)c1. The first-order chi connectivity index (χ1) is 8.08. The zero-order valence-corrected chi connectivity index (χ0v) is 12.2. The monoisotopic (exact) mass is 301 g/mol. The fourth-order valence-corrected chi connectivity index (χ4v) is 2.25. The number of aromatic hydroxyl groups is 1. The molecular weight excluding hydrogens is 282 g/mol. The van der Waals surface area contributed by atoms with Gasteiger partial charge in [0.15, 0.2) is 11.5 Å². The summed E-state index contributed by atoms with van der Waals surface area (Å²) in [6.07, 6.45) is 1.13. The number of hydrogen-bond donors (Lipinski definition) is 1. The maximum Gasteiger partial charge on any atom is 0.172 e. The Balaban J connectivity index is 2.86. The van der Waals surface area contributed by atoms with Gasteiger partial charge in [0.2, 0.25) is 0 Å². The number of ether oxygens (including phenoxy) is 1. The lowest BCUT2D eigenvalue weighted by Crippen LogP contribution is -2.18. The Morgan fingerprint density at radius 3 is 2.65 bits per heavy atom. The van der Waals surface area contributed by atoms with E-state index in [1.165, 1.54) is 0 Å². The molecule has 3 nitrogen and oxygen atoms in total. The van der Waals surface area contributed by atoms with Crippen LogP contribution in [0, 0.1) is 0 Å². The standard InChI is InChI=1S/C13H20BrNO2/c1-4-6-15(3)9-10-7-11(14)13(16)12(8-10)17-5-2/h7-8,16H,4-6,9H2,1-3H3. The van der Waals surface area contributed by atoms with Gasteiger partial charge in [-0.05, 0) is 60.6 Å². The molecule has 1 rings (SSSR count). The van der Waals surface area contributed by atoms with E-state index in [0.717, 1.165) is 25.1 Å². The zero-order chi connectivity index (χ0) is 12.8. The molecule has 0 aliphatic rings. The van der Waals surface area contributed by atoms with Gasteiger partial charge in [0, 0.05) is 6.54 Å². The first kappa shape index (κ1) is 14.3. The van der Waals surface area contributed by atoms with Crippen LogP contribution in [-0.2, 0) is 6.54 Å². The number of rotatable bonds is 6. The number of hydrogen-bond acceptors (Lipinski definition) is 3. The molecular formula is C13H20BrNO2. The molecule has 17 heavy (non-hydrogen) atoms. The van der Waals surface area contributed by atoms with Crippen LogP contribution < -0.4 is 4.74 Å². The fraction of sp³-hybridized carbons (Fsp3) is 0.538. The summed E-state index contributed by atoms with van der Waals surface area (Å²) in [5.74, 6) is 0.718. The van der Waals surface area contributed by atoms with Crippen LogP contribution in [0.25, 0.3) is 0 Å². The second kappa shape index (κ2) is 6.87. The largest absolute Gasteiger partial charge is 0.503 e. The van der Waals surface area contributed by atoms with Gasteiger partial charge in [-0.3, -0.25) is 0 Å². The highest BCUT2D eigenvalue weighted by Crippen LogP contribution is 2.35. The molecule has 0 aliphatic carbocycles. The summed E-state index contributed by atoms with van der Waals surface area (Å²) in [4.78, 5) is 2.24. The van der Waals surface area contributed by atoms with Crippen molar-refractivity contribution in [2.45, 2.75) is 26.8 Å². The lowest BCUT2D eigenvalue weighted by atomic mass is 10.2. The maximum absolute atomic E-state index is 9.81. The van der Waals surface area contributed by atoms with Gasteiger partial charge in [0.05, 0.1) is 11.1 Å². The van der Waals surface area contributed by atoms with Crippen LogP contribution in [0.3, 0.4) is 0 Å². The van der Waals surface area contributed by atoms with E-state index in [1.54, 1.807) is 0 Å². The number of phenolic OH excluding ortho intramolecular Hbond substituents is 1. The van der Waals surface area contributed by atoms with Crippen LogP contribution in [0.2, 0.25) is 0 Å². The summed E-state index contributed by atoms with van der Waals surface area (Å²) in [5.41, 5.74) is 1.13.